The summed E-state index contributed by atoms with van der Waals surface area (Å²) in [5.74, 6) is 0.685. The Balaban J connectivity index is 1.47. The van der Waals surface area contributed by atoms with Crippen LogP contribution in [-0.4, -0.2) is 48.4 Å². The van der Waals surface area contributed by atoms with Crippen molar-refractivity contribution in [1.29, 1.82) is 0 Å². The molecule has 35 heavy (non-hydrogen) atoms. The lowest BCUT2D eigenvalue weighted by Gasteiger charge is -2.14. The summed E-state index contributed by atoms with van der Waals surface area (Å²) in [5.41, 5.74) is 1.23. The zero-order valence-electron chi connectivity index (χ0n) is 19.0. The van der Waals surface area contributed by atoms with Gasteiger partial charge in [-0.15, -0.1) is 0 Å². The van der Waals surface area contributed by atoms with E-state index in [1.807, 2.05) is 30.3 Å². The number of nitrogens with one attached hydrogen (secondary N) is 3. The molecule has 2 amide bonds. The largest absolute Gasteiger partial charge is 0.490 e. The van der Waals surface area contributed by atoms with Crippen LogP contribution < -0.4 is 25.4 Å². The van der Waals surface area contributed by atoms with Gasteiger partial charge < -0.3 is 25.2 Å². The number of ether oxygens (including phenoxy) is 2. The van der Waals surface area contributed by atoms with Gasteiger partial charge in [-0.05, 0) is 67.2 Å². The van der Waals surface area contributed by atoms with Crippen LogP contribution >= 0.6 is 12.2 Å². The third kappa shape index (κ3) is 8.40. The van der Waals surface area contributed by atoms with Gasteiger partial charge in [0, 0.05) is 18.7 Å². The maximum Gasteiger partial charge on any atom is 0.257 e. The number of para-hydroxylation sites is 2. The first-order valence-corrected chi connectivity index (χ1v) is 11.5. The average Bonchev–Trinajstić information content (AvgIpc) is 2.88. The zero-order valence-corrected chi connectivity index (χ0v) is 19.8. The summed E-state index contributed by atoms with van der Waals surface area (Å²) < 4.78 is 11.2. The number of carbonyl (C=O) groups excluding carboxylic acids is 2. The average molecular weight is 494 g/mol. The molecule has 0 aromatic heterocycles. The Morgan fingerprint density at radius 3 is 2.11 bits per heavy atom. The first kappa shape index (κ1) is 25.7. The molecule has 0 saturated heterocycles. The molecule has 3 rings (SSSR count). The molecule has 0 unspecified atom stereocenters. The van der Waals surface area contributed by atoms with Crippen molar-refractivity contribution in [2.75, 3.05) is 31.7 Å². The minimum absolute atomic E-state index is 0.00786. The molecule has 0 fully saturated rings. The second-order valence-electron chi connectivity index (χ2n) is 7.32. The molecule has 0 bridgehead atoms. The van der Waals surface area contributed by atoms with Crippen molar-refractivity contribution >= 4 is 34.8 Å². The maximum absolute atomic E-state index is 12.6. The zero-order chi connectivity index (χ0) is 24.9. The van der Waals surface area contributed by atoms with E-state index in [2.05, 4.69) is 16.0 Å². The number of hydrogen-bond donors (Lipinski definition) is 4. The van der Waals surface area contributed by atoms with Crippen molar-refractivity contribution in [1.82, 2.24) is 10.6 Å². The molecule has 0 atom stereocenters. The fourth-order valence-electron chi connectivity index (χ4n) is 3.03. The molecule has 0 aliphatic rings. The van der Waals surface area contributed by atoms with E-state index in [9.17, 15) is 9.59 Å². The van der Waals surface area contributed by atoms with Crippen LogP contribution in [0, 0.1) is 0 Å². The number of carbonyl (C=O) groups is 2. The number of aliphatic hydroxyl groups is 1. The minimum atomic E-state index is -0.397. The van der Waals surface area contributed by atoms with Crippen molar-refractivity contribution in [2.45, 2.75) is 6.42 Å². The van der Waals surface area contributed by atoms with E-state index in [-0.39, 0.29) is 17.6 Å². The SMILES string of the molecule is O=C(NC(=S)Nc1ccccc1C(=O)NCCCO)c1ccc(OCCOc2ccccc2)cc1. The molecule has 4 N–H and O–H groups in total. The summed E-state index contributed by atoms with van der Waals surface area (Å²) in [7, 11) is 0. The highest BCUT2D eigenvalue weighted by molar-refractivity contribution is 7.80. The predicted octanol–water partition coefficient (Wildman–Crippen LogP) is 3.38. The topological polar surface area (TPSA) is 109 Å². The monoisotopic (exact) mass is 493 g/mol. The Hall–Kier alpha value is -3.95. The first-order chi connectivity index (χ1) is 17.1. The van der Waals surface area contributed by atoms with E-state index in [0.717, 1.165) is 5.75 Å². The van der Waals surface area contributed by atoms with Gasteiger partial charge in [0.05, 0.1) is 11.3 Å². The van der Waals surface area contributed by atoms with Gasteiger partial charge in [-0.3, -0.25) is 14.9 Å². The molecule has 8 nitrogen and oxygen atoms in total. The van der Waals surface area contributed by atoms with Crippen molar-refractivity contribution in [3.05, 3.63) is 90.0 Å². The van der Waals surface area contributed by atoms with Crippen LogP contribution in [0.2, 0.25) is 0 Å². The summed E-state index contributed by atoms with van der Waals surface area (Å²) in [6.07, 6.45) is 0.459. The van der Waals surface area contributed by atoms with Crippen LogP contribution in [0.5, 0.6) is 11.5 Å². The number of anilines is 1. The molecule has 9 heteroatoms. The quantitative estimate of drug-likeness (QED) is 0.240. The Labute approximate surface area is 209 Å². The Morgan fingerprint density at radius 1 is 0.800 bits per heavy atom. The van der Waals surface area contributed by atoms with Crippen LogP contribution in [0.25, 0.3) is 0 Å². The fraction of sp³-hybridized carbons (Fsp3) is 0.192. The van der Waals surface area contributed by atoms with E-state index >= 15 is 0 Å². The van der Waals surface area contributed by atoms with E-state index in [1.54, 1.807) is 48.5 Å². The number of amides is 2. The Morgan fingerprint density at radius 2 is 1.43 bits per heavy atom. The van der Waals surface area contributed by atoms with Gasteiger partial charge in [-0.25, -0.2) is 0 Å². The second kappa shape index (κ2) is 13.7. The van der Waals surface area contributed by atoms with Gasteiger partial charge in [0.2, 0.25) is 0 Å². The molecule has 3 aromatic carbocycles. The molecule has 0 saturated carbocycles. The highest BCUT2D eigenvalue weighted by Crippen LogP contribution is 2.16. The van der Waals surface area contributed by atoms with Crippen molar-refractivity contribution < 1.29 is 24.2 Å². The lowest BCUT2D eigenvalue weighted by molar-refractivity contribution is 0.0950. The Kier molecular flexibility index (Phi) is 10.0. The lowest BCUT2D eigenvalue weighted by Crippen LogP contribution is -2.35. The van der Waals surface area contributed by atoms with Crippen LogP contribution in [-0.2, 0) is 0 Å². The van der Waals surface area contributed by atoms with Gasteiger partial charge in [0.1, 0.15) is 24.7 Å². The molecular formula is C26H27N3O5S. The van der Waals surface area contributed by atoms with Crippen molar-refractivity contribution in [3.8, 4) is 11.5 Å². The summed E-state index contributed by atoms with van der Waals surface area (Å²) >= 11 is 5.26. The van der Waals surface area contributed by atoms with Crippen LogP contribution in [0.15, 0.2) is 78.9 Å². The fourth-order valence-corrected chi connectivity index (χ4v) is 3.24. The normalized spacial score (nSPS) is 10.2. The number of benzene rings is 3. The molecule has 3 aromatic rings. The Bertz CT molecular complexity index is 1120. The minimum Gasteiger partial charge on any atom is -0.490 e. The van der Waals surface area contributed by atoms with Crippen LogP contribution in [0.4, 0.5) is 5.69 Å². The standard InChI is InChI=1S/C26H27N3O5S/c30-16-6-15-27-25(32)22-9-4-5-10-23(22)28-26(35)29-24(31)19-11-13-21(14-12-19)34-18-17-33-20-7-2-1-3-8-20/h1-5,7-14,30H,6,15-18H2,(H,27,32)(H2,28,29,31,35). The van der Waals surface area contributed by atoms with Crippen molar-refractivity contribution in [3.63, 3.8) is 0 Å². The van der Waals surface area contributed by atoms with E-state index in [4.69, 9.17) is 26.8 Å². The molecule has 182 valence electrons. The van der Waals surface area contributed by atoms with Gasteiger partial charge in [-0.2, -0.15) is 0 Å². The molecule has 0 heterocycles. The van der Waals surface area contributed by atoms with Crippen molar-refractivity contribution in [2.24, 2.45) is 0 Å². The molecule has 0 spiro atoms. The predicted molar refractivity (Wildman–Crippen MR) is 138 cm³/mol. The molecule has 0 aliphatic carbocycles. The number of thiocarbonyl (C=S) groups is 1. The molecular weight excluding hydrogens is 466 g/mol. The van der Waals surface area contributed by atoms with Gasteiger partial charge in [0.25, 0.3) is 11.8 Å². The highest BCUT2D eigenvalue weighted by atomic mass is 32.1. The lowest BCUT2D eigenvalue weighted by atomic mass is 10.1. The number of rotatable bonds is 11. The third-order valence-electron chi connectivity index (χ3n) is 4.75. The summed E-state index contributed by atoms with van der Waals surface area (Å²) in [6.45, 7) is 1.10. The van der Waals surface area contributed by atoms with E-state index in [0.29, 0.717) is 48.7 Å². The van der Waals surface area contributed by atoms with Crippen LogP contribution in [0.1, 0.15) is 27.1 Å². The summed E-state index contributed by atoms with van der Waals surface area (Å²) in [5, 5.41) is 17.2. The van der Waals surface area contributed by atoms with Gasteiger partial charge in [-0.1, -0.05) is 30.3 Å². The smallest absolute Gasteiger partial charge is 0.257 e. The third-order valence-corrected chi connectivity index (χ3v) is 4.95. The number of hydrogen-bond acceptors (Lipinski definition) is 6. The maximum atomic E-state index is 12.6. The second-order valence-corrected chi connectivity index (χ2v) is 7.73. The molecule has 0 radical (unpaired) electrons. The van der Waals surface area contributed by atoms with Gasteiger partial charge >= 0.3 is 0 Å². The first-order valence-electron chi connectivity index (χ1n) is 11.1. The summed E-state index contributed by atoms with van der Waals surface area (Å²) in [4.78, 5) is 24.9. The van der Waals surface area contributed by atoms with E-state index < -0.39 is 5.91 Å². The van der Waals surface area contributed by atoms with Gasteiger partial charge in [0.15, 0.2) is 5.11 Å². The molecule has 0 aliphatic heterocycles. The number of aliphatic hydroxyl groups excluding tert-OH is 1. The van der Waals surface area contributed by atoms with Crippen LogP contribution in [0.3, 0.4) is 0 Å². The van der Waals surface area contributed by atoms with E-state index in [1.165, 1.54) is 0 Å². The summed E-state index contributed by atoms with van der Waals surface area (Å²) in [6, 6.07) is 22.9. The highest BCUT2D eigenvalue weighted by Gasteiger charge is 2.13.